The van der Waals surface area contributed by atoms with Crippen molar-refractivity contribution in [3.8, 4) is 0 Å². The number of halogens is 2. The van der Waals surface area contributed by atoms with Crippen LogP contribution in [-0.2, 0) is 4.79 Å². The van der Waals surface area contributed by atoms with Crippen molar-refractivity contribution in [3.63, 3.8) is 0 Å². The van der Waals surface area contributed by atoms with Gasteiger partial charge >= 0.3 is 0 Å². The third-order valence-corrected chi connectivity index (χ3v) is 3.49. The van der Waals surface area contributed by atoms with Crippen LogP contribution in [0.2, 0.25) is 0 Å². The van der Waals surface area contributed by atoms with Gasteiger partial charge in [0, 0.05) is 0 Å². The van der Waals surface area contributed by atoms with Gasteiger partial charge in [-0.05, 0) is 31.9 Å². The number of carbonyl (C=O) groups excluding carboxylic acids is 2. The van der Waals surface area contributed by atoms with Gasteiger partial charge in [0.25, 0.3) is 11.7 Å². The van der Waals surface area contributed by atoms with Crippen molar-refractivity contribution in [3.05, 3.63) is 14.8 Å². The molecule has 0 aromatic carbocycles. The minimum absolute atomic E-state index is 0.304. The first-order valence-electron chi connectivity index (χ1n) is 3.04. The zero-order chi connectivity index (χ0) is 8.88. The van der Waals surface area contributed by atoms with Crippen molar-refractivity contribution in [2.75, 3.05) is 5.32 Å². The normalized spacial score (nSPS) is 14.8. The highest BCUT2D eigenvalue weighted by Crippen LogP contribution is 2.36. The number of Topliss-reactive ketones (excluding diaryl/α,β-unsaturated/α-hetero) is 1. The second kappa shape index (κ2) is 2.43. The molecule has 1 aliphatic rings. The van der Waals surface area contributed by atoms with Gasteiger partial charge in [-0.1, -0.05) is 0 Å². The van der Waals surface area contributed by atoms with Gasteiger partial charge < -0.3 is 10.3 Å². The molecule has 0 saturated heterocycles. The molecule has 0 radical (unpaired) electrons. The SMILES string of the molecule is O=C1Nc2c([nH]c(Br)c2Br)C1=O. The monoisotopic (exact) mass is 292 g/mol. The summed E-state index contributed by atoms with van der Waals surface area (Å²) in [5, 5.41) is 2.44. The van der Waals surface area contributed by atoms with Crippen molar-refractivity contribution in [1.82, 2.24) is 4.98 Å². The minimum atomic E-state index is -0.593. The van der Waals surface area contributed by atoms with E-state index in [-0.39, 0.29) is 0 Å². The van der Waals surface area contributed by atoms with Crippen LogP contribution in [0, 0.1) is 0 Å². The fraction of sp³-hybridized carbons (Fsp3) is 0. The van der Waals surface area contributed by atoms with Crippen LogP contribution in [0.15, 0.2) is 9.08 Å². The summed E-state index contributed by atoms with van der Waals surface area (Å²) in [4.78, 5) is 24.7. The summed E-state index contributed by atoms with van der Waals surface area (Å²) in [6, 6.07) is 0. The van der Waals surface area contributed by atoms with E-state index in [9.17, 15) is 9.59 Å². The topological polar surface area (TPSA) is 62.0 Å². The molecular formula is C6H2Br2N2O2. The lowest BCUT2D eigenvalue weighted by atomic mass is 10.3. The van der Waals surface area contributed by atoms with Gasteiger partial charge in [0.15, 0.2) is 0 Å². The van der Waals surface area contributed by atoms with Crippen LogP contribution < -0.4 is 5.32 Å². The van der Waals surface area contributed by atoms with E-state index in [1.807, 2.05) is 0 Å². The number of aromatic amines is 1. The maximum absolute atomic E-state index is 11.1. The van der Waals surface area contributed by atoms with E-state index < -0.39 is 11.7 Å². The molecule has 0 saturated carbocycles. The molecule has 1 aliphatic heterocycles. The van der Waals surface area contributed by atoms with Gasteiger partial charge in [0.2, 0.25) is 0 Å². The molecule has 0 atom stereocenters. The number of ketones is 1. The minimum Gasteiger partial charge on any atom is -0.344 e. The Balaban J connectivity index is 2.67. The number of hydrogen-bond donors (Lipinski definition) is 2. The fourth-order valence-corrected chi connectivity index (χ4v) is 1.81. The van der Waals surface area contributed by atoms with Crippen molar-refractivity contribution in [1.29, 1.82) is 0 Å². The number of amides is 1. The second-order valence-electron chi connectivity index (χ2n) is 2.29. The van der Waals surface area contributed by atoms with Crippen LogP contribution in [0.3, 0.4) is 0 Å². The lowest BCUT2D eigenvalue weighted by Crippen LogP contribution is -2.13. The Morgan fingerprint density at radius 2 is 1.83 bits per heavy atom. The number of carbonyl (C=O) groups is 2. The van der Waals surface area contributed by atoms with E-state index in [1.54, 1.807) is 0 Å². The number of rotatable bonds is 0. The highest BCUT2D eigenvalue weighted by molar-refractivity contribution is 9.13. The highest BCUT2D eigenvalue weighted by Gasteiger charge is 2.32. The molecule has 2 heterocycles. The van der Waals surface area contributed by atoms with Gasteiger partial charge in [-0.15, -0.1) is 0 Å². The van der Waals surface area contributed by atoms with Gasteiger partial charge in [-0.2, -0.15) is 0 Å². The van der Waals surface area contributed by atoms with Crippen molar-refractivity contribution >= 4 is 49.2 Å². The summed E-state index contributed by atoms with van der Waals surface area (Å²) in [6.07, 6.45) is 0. The van der Waals surface area contributed by atoms with Crippen LogP contribution in [0.5, 0.6) is 0 Å². The van der Waals surface area contributed by atoms with Crippen LogP contribution in [-0.4, -0.2) is 16.7 Å². The van der Waals surface area contributed by atoms with Crippen molar-refractivity contribution in [2.24, 2.45) is 0 Å². The fourth-order valence-electron chi connectivity index (χ4n) is 1.02. The smallest absolute Gasteiger partial charge is 0.298 e. The average molecular weight is 294 g/mol. The summed E-state index contributed by atoms with van der Waals surface area (Å²) >= 11 is 6.39. The van der Waals surface area contributed by atoms with Gasteiger partial charge in [0.05, 0.1) is 14.8 Å². The largest absolute Gasteiger partial charge is 0.344 e. The molecule has 4 nitrogen and oxygen atoms in total. The molecule has 0 unspecified atom stereocenters. The average Bonchev–Trinajstić information content (AvgIpc) is 2.43. The molecule has 1 amide bonds. The number of nitrogens with one attached hydrogen (secondary N) is 2. The number of H-pyrrole nitrogens is 1. The third-order valence-electron chi connectivity index (χ3n) is 1.57. The van der Waals surface area contributed by atoms with Gasteiger partial charge in [0.1, 0.15) is 5.69 Å². The highest BCUT2D eigenvalue weighted by atomic mass is 79.9. The molecule has 0 aliphatic carbocycles. The Bertz CT molecular complexity index is 396. The zero-order valence-corrected chi connectivity index (χ0v) is 8.74. The predicted octanol–water partition coefficient (Wildman–Crippen LogP) is 1.67. The Hall–Kier alpha value is -0.620. The zero-order valence-electron chi connectivity index (χ0n) is 5.57. The van der Waals surface area contributed by atoms with Crippen LogP contribution >= 0.6 is 31.9 Å². The van der Waals surface area contributed by atoms with Crippen LogP contribution in [0.1, 0.15) is 10.5 Å². The Morgan fingerprint density at radius 3 is 2.42 bits per heavy atom. The molecule has 0 spiro atoms. The third kappa shape index (κ3) is 0.879. The van der Waals surface area contributed by atoms with E-state index in [0.29, 0.717) is 20.5 Å². The predicted molar refractivity (Wildman–Crippen MR) is 49.2 cm³/mol. The molecule has 2 rings (SSSR count). The Kier molecular flexibility index (Phi) is 1.62. The summed E-state index contributed by atoms with van der Waals surface area (Å²) < 4.78 is 1.32. The second-order valence-corrected chi connectivity index (χ2v) is 3.87. The summed E-state index contributed by atoms with van der Waals surface area (Å²) in [5.74, 6) is -1.12. The van der Waals surface area contributed by atoms with Gasteiger partial charge in [-0.3, -0.25) is 9.59 Å². The quantitative estimate of drug-likeness (QED) is 0.715. The molecule has 0 bridgehead atoms. The lowest BCUT2D eigenvalue weighted by molar-refractivity contribution is -0.112. The molecule has 2 N–H and O–H groups in total. The van der Waals surface area contributed by atoms with Crippen molar-refractivity contribution in [2.45, 2.75) is 0 Å². The first kappa shape index (κ1) is 8.00. The molecular weight excluding hydrogens is 292 g/mol. The lowest BCUT2D eigenvalue weighted by Gasteiger charge is -1.91. The Morgan fingerprint density at radius 1 is 1.17 bits per heavy atom. The Labute approximate surface area is 84.0 Å². The molecule has 62 valence electrons. The van der Waals surface area contributed by atoms with E-state index >= 15 is 0 Å². The molecule has 6 heteroatoms. The van der Waals surface area contributed by atoms with E-state index in [2.05, 4.69) is 42.2 Å². The molecule has 12 heavy (non-hydrogen) atoms. The first-order chi connectivity index (χ1) is 5.61. The van der Waals surface area contributed by atoms with Gasteiger partial charge in [-0.25, -0.2) is 0 Å². The number of fused-ring (bicyclic) bond motifs is 1. The first-order valence-corrected chi connectivity index (χ1v) is 4.62. The maximum Gasteiger partial charge on any atom is 0.298 e. The van der Waals surface area contributed by atoms with E-state index in [1.165, 1.54) is 0 Å². The molecule has 1 aromatic heterocycles. The van der Waals surface area contributed by atoms with Crippen molar-refractivity contribution < 1.29 is 9.59 Å². The standard InChI is InChI=1S/C6H2Br2N2O2/c7-1-2-3(9-5(1)8)4(11)6(12)10-2/h9H,(H,10,11,12). The summed E-state index contributed by atoms with van der Waals surface area (Å²) in [7, 11) is 0. The number of aromatic nitrogens is 1. The summed E-state index contributed by atoms with van der Waals surface area (Å²) in [6.45, 7) is 0. The summed E-state index contributed by atoms with van der Waals surface area (Å²) in [5.41, 5.74) is 0.815. The molecule has 0 fully saturated rings. The number of hydrogen-bond acceptors (Lipinski definition) is 2. The van der Waals surface area contributed by atoms with Crippen LogP contribution in [0.4, 0.5) is 5.69 Å². The number of anilines is 1. The van der Waals surface area contributed by atoms with Crippen LogP contribution in [0.25, 0.3) is 0 Å². The van der Waals surface area contributed by atoms with E-state index in [4.69, 9.17) is 0 Å². The molecule has 1 aromatic rings. The maximum atomic E-state index is 11.1. The van der Waals surface area contributed by atoms with E-state index in [0.717, 1.165) is 0 Å².